The van der Waals surface area contributed by atoms with E-state index < -0.39 is 0 Å². The van der Waals surface area contributed by atoms with Gasteiger partial charge >= 0.3 is 0 Å². The highest BCUT2D eigenvalue weighted by molar-refractivity contribution is 5.88. The lowest BCUT2D eigenvalue weighted by atomic mass is 10.0. The molecule has 0 aliphatic heterocycles. The Morgan fingerprint density at radius 3 is 2.71 bits per heavy atom. The quantitative estimate of drug-likeness (QED) is 0.757. The number of aliphatic hydroxyl groups excluding tert-OH is 1. The van der Waals surface area contributed by atoms with Gasteiger partial charge in [0.25, 0.3) is 0 Å². The number of aromatic hydroxyl groups is 1. The van der Waals surface area contributed by atoms with Gasteiger partial charge in [0.2, 0.25) is 0 Å². The van der Waals surface area contributed by atoms with Crippen molar-refractivity contribution in [1.29, 1.82) is 0 Å². The molecule has 2 heteroatoms. The fourth-order valence-corrected chi connectivity index (χ4v) is 1.59. The molecule has 72 valence electrons. The average Bonchev–Trinajstić information content (AvgIpc) is 2.20. The molecule has 0 fully saturated rings. The normalized spacial score (nSPS) is 10.6. The Kier molecular flexibility index (Phi) is 2.37. The largest absolute Gasteiger partial charge is 0.507 e. The van der Waals surface area contributed by atoms with Gasteiger partial charge in [0, 0.05) is 12.0 Å². The molecule has 0 aromatic heterocycles. The van der Waals surface area contributed by atoms with E-state index >= 15 is 0 Å². The summed E-state index contributed by atoms with van der Waals surface area (Å²) >= 11 is 0. The Morgan fingerprint density at radius 1 is 1.07 bits per heavy atom. The van der Waals surface area contributed by atoms with Crippen molar-refractivity contribution < 1.29 is 10.2 Å². The predicted molar refractivity (Wildman–Crippen MR) is 56.4 cm³/mol. The van der Waals surface area contributed by atoms with E-state index in [2.05, 4.69) is 0 Å². The van der Waals surface area contributed by atoms with Gasteiger partial charge in [-0.15, -0.1) is 0 Å². The molecule has 14 heavy (non-hydrogen) atoms. The lowest BCUT2D eigenvalue weighted by Crippen LogP contribution is -1.89. The molecule has 0 radical (unpaired) electrons. The molecular formula is C12H12O2. The van der Waals surface area contributed by atoms with E-state index in [-0.39, 0.29) is 6.61 Å². The second-order valence-corrected chi connectivity index (χ2v) is 3.31. The second-order valence-electron chi connectivity index (χ2n) is 3.31. The first-order chi connectivity index (χ1) is 6.81. The van der Waals surface area contributed by atoms with Crippen molar-refractivity contribution in [2.75, 3.05) is 6.61 Å². The first-order valence-corrected chi connectivity index (χ1v) is 4.63. The van der Waals surface area contributed by atoms with Crippen molar-refractivity contribution >= 4 is 10.8 Å². The van der Waals surface area contributed by atoms with Crippen LogP contribution in [0.4, 0.5) is 0 Å². The Balaban J connectivity index is 2.58. The molecule has 2 aromatic rings. The predicted octanol–water partition coefficient (Wildman–Crippen LogP) is 2.08. The van der Waals surface area contributed by atoms with Gasteiger partial charge in [0.1, 0.15) is 5.75 Å². The van der Waals surface area contributed by atoms with Crippen LogP contribution in [0.25, 0.3) is 10.8 Å². The highest BCUT2D eigenvalue weighted by Crippen LogP contribution is 2.25. The Bertz CT molecular complexity index is 449. The van der Waals surface area contributed by atoms with Crippen LogP contribution in [-0.4, -0.2) is 16.8 Å². The van der Waals surface area contributed by atoms with Crippen LogP contribution in [-0.2, 0) is 6.42 Å². The topological polar surface area (TPSA) is 40.5 Å². The minimum atomic E-state index is 0.138. The van der Waals surface area contributed by atoms with Crippen molar-refractivity contribution in [3.63, 3.8) is 0 Å². The monoisotopic (exact) mass is 188 g/mol. The Morgan fingerprint density at radius 2 is 1.93 bits per heavy atom. The molecule has 0 saturated heterocycles. The van der Waals surface area contributed by atoms with Crippen LogP contribution in [0.2, 0.25) is 0 Å². The molecule has 2 aromatic carbocycles. The van der Waals surface area contributed by atoms with Crippen LogP contribution in [0.5, 0.6) is 5.75 Å². The lowest BCUT2D eigenvalue weighted by molar-refractivity contribution is 0.299. The zero-order chi connectivity index (χ0) is 9.97. The number of rotatable bonds is 2. The average molecular weight is 188 g/mol. The number of fused-ring (bicyclic) bond motifs is 1. The maximum Gasteiger partial charge on any atom is 0.123 e. The van der Waals surface area contributed by atoms with Crippen LogP contribution in [0, 0.1) is 0 Å². The maximum atomic E-state index is 9.60. The molecule has 0 unspecified atom stereocenters. The van der Waals surface area contributed by atoms with Crippen LogP contribution in [0.3, 0.4) is 0 Å². The van der Waals surface area contributed by atoms with Crippen molar-refractivity contribution in [2.45, 2.75) is 6.42 Å². The molecule has 2 rings (SSSR count). The van der Waals surface area contributed by atoms with Crippen molar-refractivity contribution in [3.8, 4) is 5.75 Å². The summed E-state index contributed by atoms with van der Waals surface area (Å²) < 4.78 is 0. The van der Waals surface area contributed by atoms with E-state index in [4.69, 9.17) is 5.11 Å². The SMILES string of the molecule is OCCc1ccc2cccc(O)c2c1. The first kappa shape index (κ1) is 9.03. The van der Waals surface area contributed by atoms with E-state index in [1.54, 1.807) is 6.07 Å². The second kappa shape index (κ2) is 3.68. The summed E-state index contributed by atoms with van der Waals surface area (Å²) in [6, 6.07) is 11.3. The van der Waals surface area contributed by atoms with Gasteiger partial charge in [-0.25, -0.2) is 0 Å². The summed E-state index contributed by atoms with van der Waals surface area (Å²) in [5, 5.41) is 20.3. The summed E-state index contributed by atoms with van der Waals surface area (Å²) in [5.41, 5.74) is 1.04. The molecule has 2 nitrogen and oxygen atoms in total. The fourth-order valence-electron chi connectivity index (χ4n) is 1.59. The van der Waals surface area contributed by atoms with Gasteiger partial charge in [-0.3, -0.25) is 0 Å². The molecule has 0 aliphatic rings. The van der Waals surface area contributed by atoms with Crippen molar-refractivity contribution in [2.24, 2.45) is 0 Å². The third-order valence-electron chi connectivity index (χ3n) is 2.32. The van der Waals surface area contributed by atoms with Crippen molar-refractivity contribution in [3.05, 3.63) is 42.0 Å². The zero-order valence-corrected chi connectivity index (χ0v) is 7.77. The molecule has 0 saturated carbocycles. The van der Waals surface area contributed by atoms with E-state index in [0.29, 0.717) is 12.2 Å². The van der Waals surface area contributed by atoms with E-state index in [1.807, 2.05) is 30.3 Å². The molecule has 0 atom stereocenters. The first-order valence-electron chi connectivity index (χ1n) is 4.63. The number of aliphatic hydroxyl groups is 1. The lowest BCUT2D eigenvalue weighted by Gasteiger charge is -2.03. The molecule has 0 amide bonds. The minimum Gasteiger partial charge on any atom is -0.507 e. The Hall–Kier alpha value is -1.54. The van der Waals surface area contributed by atoms with Gasteiger partial charge in [0.05, 0.1) is 0 Å². The smallest absolute Gasteiger partial charge is 0.123 e. The Labute approximate surface area is 82.4 Å². The molecule has 0 heterocycles. The molecule has 0 spiro atoms. The summed E-state index contributed by atoms with van der Waals surface area (Å²) in [6.07, 6.45) is 0.629. The zero-order valence-electron chi connectivity index (χ0n) is 7.77. The van der Waals surface area contributed by atoms with E-state index in [9.17, 15) is 5.11 Å². The summed E-state index contributed by atoms with van der Waals surface area (Å²) in [7, 11) is 0. The van der Waals surface area contributed by atoms with Crippen molar-refractivity contribution in [1.82, 2.24) is 0 Å². The molecule has 2 N–H and O–H groups in total. The number of hydrogen-bond donors (Lipinski definition) is 2. The van der Waals surface area contributed by atoms with Gasteiger partial charge < -0.3 is 10.2 Å². The summed E-state index contributed by atoms with van der Waals surface area (Å²) in [6.45, 7) is 0.138. The number of hydrogen-bond acceptors (Lipinski definition) is 2. The van der Waals surface area contributed by atoms with Gasteiger partial charge in [0.15, 0.2) is 0 Å². The van der Waals surface area contributed by atoms with Crippen LogP contribution < -0.4 is 0 Å². The van der Waals surface area contributed by atoms with Crippen LogP contribution in [0.1, 0.15) is 5.56 Å². The van der Waals surface area contributed by atoms with Gasteiger partial charge in [-0.2, -0.15) is 0 Å². The molecule has 0 aliphatic carbocycles. The molecule has 0 bridgehead atoms. The fraction of sp³-hybridized carbons (Fsp3) is 0.167. The van der Waals surface area contributed by atoms with Gasteiger partial charge in [-0.1, -0.05) is 24.3 Å². The molecular weight excluding hydrogens is 176 g/mol. The van der Waals surface area contributed by atoms with E-state index in [1.165, 1.54) is 0 Å². The standard InChI is InChI=1S/C12H12O2/c13-7-6-9-4-5-10-2-1-3-12(14)11(10)8-9/h1-5,8,13-14H,6-7H2. The number of phenolic OH excluding ortho intramolecular Hbond substituents is 1. The van der Waals surface area contributed by atoms with Gasteiger partial charge in [-0.05, 0) is 29.5 Å². The maximum absolute atomic E-state index is 9.60. The highest BCUT2D eigenvalue weighted by Gasteiger charge is 1.99. The highest BCUT2D eigenvalue weighted by atomic mass is 16.3. The third-order valence-corrected chi connectivity index (χ3v) is 2.32. The summed E-state index contributed by atoms with van der Waals surface area (Å²) in [4.78, 5) is 0. The minimum absolute atomic E-state index is 0.138. The number of phenols is 1. The summed E-state index contributed by atoms with van der Waals surface area (Å²) in [5.74, 6) is 0.294. The third kappa shape index (κ3) is 1.56. The van der Waals surface area contributed by atoms with Crippen LogP contribution in [0.15, 0.2) is 36.4 Å². The van der Waals surface area contributed by atoms with E-state index in [0.717, 1.165) is 16.3 Å². The van der Waals surface area contributed by atoms with Crippen LogP contribution >= 0.6 is 0 Å². The number of benzene rings is 2.